The van der Waals surface area contributed by atoms with Gasteiger partial charge in [0.25, 0.3) is 0 Å². The summed E-state index contributed by atoms with van der Waals surface area (Å²) in [7, 11) is 2.09. The second-order valence-corrected chi connectivity index (χ2v) is 7.28. The zero-order valence-electron chi connectivity index (χ0n) is 11.4. The van der Waals surface area contributed by atoms with Gasteiger partial charge in [-0.2, -0.15) is 11.3 Å². The molecule has 0 bridgehead atoms. The number of hydrogen-bond acceptors (Lipinski definition) is 3. The second-order valence-electron chi connectivity index (χ2n) is 5.33. The van der Waals surface area contributed by atoms with Crippen LogP contribution < -0.4 is 5.32 Å². The van der Waals surface area contributed by atoms with Gasteiger partial charge in [-0.15, -0.1) is 11.3 Å². The van der Waals surface area contributed by atoms with E-state index in [0.29, 0.717) is 6.04 Å². The molecule has 0 spiro atoms. The molecule has 102 valence electrons. The molecule has 0 radical (unpaired) electrons. The highest BCUT2D eigenvalue weighted by atomic mass is 32.1. The van der Waals surface area contributed by atoms with Gasteiger partial charge in [-0.3, -0.25) is 0 Å². The Labute approximate surface area is 123 Å². The summed E-state index contributed by atoms with van der Waals surface area (Å²) in [4.78, 5) is 3.18. The first kappa shape index (κ1) is 13.3. The fraction of sp³-hybridized carbons (Fsp3) is 0.500. The molecule has 0 saturated heterocycles. The van der Waals surface area contributed by atoms with Crippen LogP contribution in [-0.4, -0.2) is 7.05 Å². The van der Waals surface area contributed by atoms with Crippen molar-refractivity contribution in [3.8, 4) is 0 Å². The normalized spacial score (nSPS) is 16.9. The number of fused-ring (bicyclic) bond motifs is 1. The van der Waals surface area contributed by atoms with Crippen molar-refractivity contribution in [1.29, 1.82) is 0 Å². The summed E-state index contributed by atoms with van der Waals surface area (Å²) in [5.41, 5.74) is 3.08. The van der Waals surface area contributed by atoms with Gasteiger partial charge in [-0.1, -0.05) is 6.42 Å². The monoisotopic (exact) mass is 291 g/mol. The van der Waals surface area contributed by atoms with Crippen LogP contribution in [0, 0.1) is 0 Å². The maximum absolute atomic E-state index is 3.50. The third-order valence-corrected chi connectivity index (χ3v) is 6.06. The second kappa shape index (κ2) is 6.21. The van der Waals surface area contributed by atoms with Crippen LogP contribution >= 0.6 is 22.7 Å². The lowest BCUT2D eigenvalue weighted by molar-refractivity contribution is 0.602. The lowest BCUT2D eigenvalue weighted by Gasteiger charge is -2.13. The number of thiophene rings is 2. The highest BCUT2D eigenvalue weighted by Crippen LogP contribution is 2.33. The summed E-state index contributed by atoms with van der Waals surface area (Å²) < 4.78 is 0. The van der Waals surface area contributed by atoms with E-state index in [-0.39, 0.29) is 0 Å². The van der Waals surface area contributed by atoms with Gasteiger partial charge in [-0.05, 0) is 73.2 Å². The average Bonchev–Trinajstić information content (AvgIpc) is 3.02. The van der Waals surface area contributed by atoms with Crippen LogP contribution in [0.1, 0.15) is 46.2 Å². The van der Waals surface area contributed by atoms with E-state index in [1.807, 2.05) is 11.3 Å². The molecule has 2 heterocycles. The molecular weight excluding hydrogens is 270 g/mol. The molecule has 0 fully saturated rings. The Morgan fingerprint density at radius 2 is 2.16 bits per heavy atom. The Hall–Kier alpha value is -0.640. The van der Waals surface area contributed by atoms with Gasteiger partial charge in [0.2, 0.25) is 0 Å². The fourth-order valence-corrected chi connectivity index (χ4v) is 4.90. The topological polar surface area (TPSA) is 12.0 Å². The zero-order valence-corrected chi connectivity index (χ0v) is 13.1. The van der Waals surface area contributed by atoms with E-state index < -0.39 is 0 Å². The summed E-state index contributed by atoms with van der Waals surface area (Å²) in [5, 5.41) is 7.94. The molecule has 0 amide bonds. The molecule has 3 heteroatoms. The molecule has 1 N–H and O–H groups in total. The Morgan fingerprint density at radius 3 is 2.95 bits per heavy atom. The summed E-state index contributed by atoms with van der Waals surface area (Å²) in [6.45, 7) is 0. The standard InChI is InChI=1S/C16H21NS2/c1-17-14(9-12-7-8-18-11-12)16-10-13-5-3-2-4-6-15(13)19-16/h7-8,10-11,14,17H,2-6,9H2,1H3. The maximum Gasteiger partial charge on any atom is 0.0453 e. The lowest BCUT2D eigenvalue weighted by atomic mass is 10.1. The van der Waals surface area contributed by atoms with Gasteiger partial charge in [0, 0.05) is 15.8 Å². The van der Waals surface area contributed by atoms with Crippen molar-refractivity contribution in [2.45, 2.75) is 44.6 Å². The number of nitrogens with one attached hydrogen (secondary N) is 1. The third kappa shape index (κ3) is 3.10. The van der Waals surface area contributed by atoms with Crippen LogP contribution in [0.4, 0.5) is 0 Å². The van der Waals surface area contributed by atoms with E-state index in [0.717, 1.165) is 6.42 Å². The largest absolute Gasteiger partial charge is 0.312 e. The van der Waals surface area contributed by atoms with E-state index in [9.17, 15) is 0 Å². The molecule has 2 aromatic rings. The highest BCUT2D eigenvalue weighted by molar-refractivity contribution is 7.12. The number of rotatable bonds is 4. The van der Waals surface area contributed by atoms with Crippen LogP contribution in [0.3, 0.4) is 0 Å². The Bertz CT molecular complexity index is 489. The number of aryl methyl sites for hydroxylation is 2. The van der Waals surface area contributed by atoms with Crippen molar-refractivity contribution in [2.24, 2.45) is 0 Å². The first-order valence-electron chi connectivity index (χ1n) is 7.16. The van der Waals surface area contributed by atoms with Crippen LogP contribution in [-0.2, 0) is 19.3 Å². The minimum atomic E-state index is 0.478. The minimum absolute atomic E-state index is 0.478. The Morgan fingerprint density at radius 1 is 1.26 bits per heavy atom. The molecule has 1 nitrogen and oxygen atoms in total. The van der Waals surface area contributed by atoms with Gasteiger partial charge in [0.15, 0.2) is 0 Å². The van der Waals surface area contributed by atoms with Crippen molar-refractivity contribution in [2.75, 3.05) is 7.05 Å². The lowest BCUT2D eigenvalue weighted by Crippen LogP contribution is -2.17. The van der Waals surface area contributed by atoms with Gasteiger partial charge < -0.3 is 5.32 Å². The first-order valence-corrected chi connectivity index (χ1v) is 8.92. The molecule has 2 aromatic heterocycles. The van der Waals surface area contributed by atoms with E-state index in [1.165, 1.54) is 42.5 Å². The molecule has 0 aromatic carbocycles. The van der Waals surface area contributed by atoms with E-state index in [1.54, 1.807) is 21.8 Å². The SMILES string of the molecule is CNC(Cc1ccsc1)c1cc2c(s1)CCCCC2. The average molecular weight is 291 g/mol. The van der Waals surface area contributed by atoms with Crippen molar-refractivity contribution in [3.05, 3.63) is 43.8 Å². The molecule has 1 atom stereocenters. The minimum Gasteiger partial charge on any atom is -0.312 e. The Balaban J connectivity index is 1.79. The quantitative estimate of drug-likeness (QED) is 0.813. The smallest absolute Gasteiger partial charge is 0.0453 e. The highest BCUT2D eigenvalue weighted by Gasteiger charge is 2.17. The summed E-state index contributed by atoms with van der Waals surface area (Å²) in [6.07, 6.45) is 7.86. The summed E-state index contributed by atoms with van der Waals surface area (Å²) in [6, 6.07) is 5.19. The molecule has 1 aliphatic carbocycles. The predicted molar refractivity (Wildman–Crippen MR) is 85.4 cm³/mol. The van der Waals surface area contributed by atoms with Gasteiger partial charge in [0.1, 0.15) is 0 Å². The van der Waals surface area contributed by atoms with Crippen molar-refractivity contribution in [3.63, 3.8) is 0 Å². The molecule has 1 aliphatic rings. The summed E-state index contributed by atoms with van der Waals surface area (Å²) in [5.74, 6) is 0. The fourth-order valence-electron chi connectivity index (χ4n) is 2.85. The zero-order chi connectivity index (χ0) is 13.1. The third-order valence-electron chi connectivity index (χ3n) is 3.98. The van der Waals surface area contributed by atoms with Crippen LogP contribution in [0.5, 0.6) is 0 Å². The Kier molecular flexibility index (Phi) is 4.36. The van der Waals surface area contributed by atoms with Crippen LogP contribution in [0.2, 0.25) is 0 Å². The molecule has 3 rings (SSSR count). The van der Waals surface area contributed by atoms with Gasteiger partial charge in [-0.25, -0.2) is 0 Å². The van der Waals surface area contributed by atoms with Crippen molar-refractivity contribution < 1.29 is 0 Å². The van der Waals surface area contributed by atoms with Crippen LogP contribution in [0.15, 0.2) is 22.9 Å². The molecule has 1 unspecified atom stereocenters. The molecule has 19 heavy (non-hydrogen) atoms. The maximum atomic E-state index is 3.50. The van der Waals surface area contributed by atoms with Gasteiger partial charge in [0.05, 0.1) is 0 Å². The van der Waals surface area contributed by atoms with Crippen molar-refractivity contribution in [1.82, 2.24) is 5.32 Å². The van der Waals surface area contributed by atoms with Crippen LogP contribution in [0.25, 0.3) is 0 Å². The first-order chi connectivity index (χ1) is 9.36. The number of hydrogen-bond donors (Lipinski definition) is 1. The van der Waals surface area contributed by atoms with E-state index in [2.05, 4.69) is 35.3 Å². The van der Waals surface area contributed by atoms with Crippen molar-refractivity contribution >= 4 is 22.7 Å². The predicted octanol–water partition coefficient (Wildman–Crippen LogP) is 4.58. The van der Waals surface area contributed by atoms with E-state index >= 15 is 0 Å². The summed E-state index contributed by atoms with van der Waals surface area (Å²) >= 11 is 3.84. The molecular formula is C16H21NS2. The van der Waals surface area contributed by atoms with Gasteiger partial charge >= 0.3 is 0 Å². The van der Waals surface area contributed by atoms with E-state index in [4.69, 9.17) is 0 Å². The molecule has 0 saturated carbocycles. The molecule has 0 aliphatic heterocycles. The number of likely N-dealkylation sites (N-methyl/N-ethyl adjacent to an activating group) is 1.